The van der Waals surface area contributed by atoms with E-state index in [0.717, 1.165) is 133 Å². The molecule has 0 saturated heterocycles. The van der Waals surface area contributed by atoms with E-state index >= 15 is 0 Å². The minimum Gasteiger partial charge on any atom is -0.393 e. The third-order valence-corrected chi connectivity index (χ3v) is 22.0. The maximum Gasteiger partial charge on any atom is 0.0577 e. The van der Waals surface area contributed by atoms with Crippen molar-refractivity contribution in [2.75, 3.05) is 0 Å². The molecule has 59 heavy (non-hydrogen) atoms. The second kappa shape index (κ2) is 15.5. The van der Waals surface area contributed by atoms with Gasteiger partial charge < -0.3 is 25.5 Å². The lowest BCUT2D eigenvalue weighted by atomic mass is 9.64. The van der Waals surface area contributed by atoms with Gasteiger partial charge in [-0.05, 0) is 252 Å². The third kappa shape index (κ3) is 6.67. The van der Waals surface area contributed by atoms with Crippen LogP contribution in [0.4, 0.5) is 0 Å². The number of hydrogen-bond acceptors (Lipinski definition) is 5. The van der Waals surface area contributed by atoms with E-state index in [2.05, 4.69) is 48.6 Å². The fourth-order valence-corrected chi connectivity index (χ4v) is 19.7. The molecule has 5 nitrogen and oxygen atoms in total. The summed E-state index contributed by atoms with van der Waals surface area (Å²) in [4.78, 5) is 0. The van der Waals surface area contributed by atoms with E-state index in [-0.39, 0.29) is 30.5 Å². The first-order chi connectivity index (χ1) is 28.8. The van der Waals surface area contributed by atoms with Crippen LogP contribution in [-0.4, -0.2) is 56.1 Å². The van der Waals surface area contributed by atoms with Crippen LogP contribution < -0.4 is 0 Å². The van der Waals surface area contributed by atoms with Crippen molar-refractivity contribution in [1.82, 2.24) is 0 Å². The van der Waals surface area contributed by atoms with Gasteiger partial charge in [0, 0.05) is 0 Å². The van der Waals surface area contributed by atoms with Crippen LogP contribution in [0.3, 0.4) is 0 Å². The molecule has 12 fully saturated rings. The number of aliphatic hydroxyl groups is 5. The fourth-order valence-electron chi connectivity index (χ4n) is 19.7. The van der Waals surface area contributed by atoms with Crippen LogP contribution in [0.25, 0.3) is 0 Å². The molecule has 0 radical (unpaired) electrons. The van der Waals surface area contributed by atoms with Crippen LogP contribution in [0.5, 0.6) is 0 Å². The van der Waals surface area contributed by atoms with Gasteiger partial charge in [-0.3, -0.25) is 0 Å². The molecule has 12 saturated carbocycles. The lowest BCUT2D eigenvalue weighted by Crippen LogP contribution is -2.38. The Hall–Kier alpha value is -1.24. The van der Waals surface area contributed by atoms with Crippen molar-refractivity contribution in [3.05, 3.63) is 48.6 Å². The normalized spacial score (nSPS) is 59.6. The minimum atomic E-state index is 0.0269. The van der Waals surface area contributed by atoms with Crippen molar-refractivity contribution < 1.29 is 25.5 Å². The highest BCUT2D eigenvalue weighted by Gasteiger charge is 2.61. The molecule has 16 aliphatic rings. The van der Waals surface area contributed by atoms with E-state index in [1.165, 1.54) is 89.9 Å². The van der Waals surface area contributed by atoms with Gasteiger partial charge in [0.2, 0.25) is 0 Å². The van der Waals surface area contributed by atoms with Crippen molar-refractivity contribution in [3.63, 3.8) is 0 Å². The van der Waals surface area contributed by atoms with E-state index in [4.69, 9.17) is 0 Å². The Morgan fingerprint density at radius 1 is 0.305 bits per heavy atom. The van der Waals surface area contributed by atoms with Crippen molar-refractivity contribution >= 4 is 0 Å². The van der Waals surface area contributed by atoms with Gasteiger partial charge in [0.25, 0.3) is 0 Å². The second-order valence-electron chi connectivity index (χ2n) is 24.2. The van der Waals surface area contributed by atoms with E-state index in [1.807, 2.05) is 0 Å². The summed E-state index contributed by atoms with van der Waals surface area (Å²) in [5.74, 6) is 18.3. The Bertz CT molecular complexity index is 1660. The van der Waals surface area contributed by atoms with E-state index in [0.29, 0.717) is 29.6 Å². The molecular weight excluding hydrogens is 729 g/mol. The van der Waals surface area contributed by atoms with Gasteiger partial charge in [0.05, 0.1) is 30.5 Å². The Labute approximate surface area is 355 Å². The predicted molar refractivity (Wildman–Crippen MR) is 231 cm³/mol. The summed E-state index contributed by atoms with van der Waals surface area (Å²) >= 11 is 0. The molecule has 0 aliphatic heterocycles. The summed E-state index contributed by atoms with van der Waals surface area (Å²) in [5, 5.41) is 48.4. The Morgan fingerprint density at radius 2 is 0.915 bits per heavy atom. The first-order valence-corrected chi connectivity index (χ1v) is 25.8. The maximum atomic E-state index is 9.98. The van der Waals surface area contributed by atoms with E-state index in [1.54, 1.807) is 0 Å². The first-order valence-electron chi connectivity index (χ1n) is 25.8. The molecule has 5 heteroatoms. The molecule has 0 spiro atoms. The van der Waals surface area contributed by atoms with Gasteiger partial charge in [-0.25, -0.2) is 0 Å². The number of rotatable bonds is 0. The quantitative estimate of drug-likeness (QED) is 0.124. The topological polar surface area (TPSA) is 101 Å². The largest absolute Gasteiger partial charge is 0.393 e. The zero-order chi connectivity index (χ0) is 39.7. The molecule has 0 amide bonds. The van der Waals surface area contributed by atoms with Gasteiger partial charge in [-0.15, -0.1) is 0 Å². The van der Waals surface area contributed by atoms with Gasteiger partial charge in [-0.1, -0.05) is 48.6 Å². The molecule has 27 atom stereocenters. The number of hydrogen-bond donors (Lipinski definition) is 5. The highest BCUT2D eigenvalue weighted by molar-refractivity contribution is 5.21. The van der Waals surface area contributed by atoms with Gasteiger partial charge >= 0.3 is 0 Å². The molecule has 324 valence electrons. The summed E-state index contributed by atoms with van der Waals surface area (Å²) in [6.07, 6.45) is 43.7. The van der Waals surface area contributed by atoms with Crippen molar-refractivity contribution in [1.29, 1.82) is 0 Å². The first kappa shape index (κ1) is 39.4. The molecule has 0 aromatic carbocycles. The number of fused-ring (bicyclic) bond motifs is 27. The van der Waals surface area contributed by atoms with Crippen LogP contribution in [0.1, 0.15) is 122 Å². The van der Waals surface area contributed by atoms with Crippen LogP contribution in [0, 0.1) is 130 Å². The number of allylic oxidation sites excluding steroid dienone is 8. The molecular formula is C54H78O5. The summed E-state index contributed by atoms with van der Waals surface area (Å²) in [7, 11) is 0. The Kier molecular flexibility index (Phi) is 10.3. The van der Waals surface area contributed by atoms with E-state index < -0.39 is 0 Å². The average Bonchev–Trinajstić information content (AvgIpc) is 4.07. The summed E-state index contributed by atoms with van der Waals surface area (Å²) in [5.41, 5.74) is 0. The second-order valence-corrected chi connectivity index (χ2v) is 24.2. The van der Waals surface area contributed by atoms with Crippen molar-refractivity contribution in [3.8, 4) is 0 Å². The van der Waals surface area contributed by atoms with Crippen LogP contribution in [0.2, 0.25) is 0 Å². The summed E-state index contributed by atoms with van der Waals surface area (Å²) in [6.45, 7) is 0. The molecule has 0 aromatic heterocycles. The van der Waals surface area contributed by atoms with Crippen LogP contribution in [-0.2, 0) is 0 Å². The highest BCUT2D eigenvalue weighted by Crippen LogP contribution is 2.66. The maximum absolute atomic E-state index is 9.98. The van der Waals surface area contributed by atoms with Crippen molar-refractivity contribution in [2.45, 2.75) is 153 Å². The molecule has 0 aromatic rings. The molecule has 16 aliphatic carbocycles. The highest BCUT2D eigenvalue weighted by atomic mass is 16.3. The summed E-state index contributed by atoms with van der Waals surface area (Å²) in [6, 6.07) is 0. The molecule has 16 rings (SSSR count). The molecule has 0 heterocycles. The van der Waals surface area contributed by atoms with Gasteiger partial charge in [0.1, 0.15) is 0 Å². The minimum absolute atomic E-state index is 0.0269. The summed E-state index contributed by atoms with van der Waals surface area (Å²) < 4.78 is 0. The average molecular weight is 807 g/mol. The smallest absolute Gasteiger partial charge is 0.0577 e. The third-order valence-electron chi connectivity index (χ3n) is 22.0. The monoisotopic (exact) mass is 807 g/mol. The standard InChI is InChI=1S/C14H20O.C12H16O.C11H16O.C10H14O.C7H12O/c15-14-7-10-6-13(14)12-5-9-3-1-2-8(9)4-11(10)12;13-10-5-8-4-9(10)12-7-2-1-6(3-7)11(8)12;12-11-6-7-5-10(11)9-4-2-1-3-8(7)9;11-10-5-6-4-9(10)8-3-1-2-7(6)8;8-7-4-5-1-2-6(7)3-5/h1,3,8-15H,2,4-7H2;1-2,6-13H,3-5H2;2,4,7-12H,1,3,5-6H2;1,3,6-11H,2,4-5H2;5-8H,1-4H2. The van der Waals surface area contributed by atoms with Crippen LogP contribution in [0.15, 0.2) is 48.6 Å². The lowest BCUT2D eigenvalue weighted by molar-refractivity contribution is 0.0124. The number of aliphatic hydroxyl groups excluding tert-OH is 5. The Balaban J connectivity index is 0.0000000809. The lowest BCUT2D eigenvalue weighted by Gasteiger charge is -2.42. The molecule has 27 unspecified atom stereocenters. The van der Waals surface area contributed by atoms with E-state index in [9.17, 15) is 25.5 Å². The van der Waals surface area contributed by atoms with Crippen LogP contribution >= 0.6 is 0 Å². The van der Waals surface area contributed by atoms with Gasteiger partial charge in [-0.2, -0.15) is 0 Å². The zero-order valence-corrected chi connectivity index (χ0v) is 35.9. The van der Waals surface area contributed by atoms with Crippen molar-refractivity contribution in [2.24, 2.45) is 130 Å². The zero-order valence-electron chi connectivity index (χ0n) is 35.9. The Morgan fingerprint density at radius 3 is 1.64 bits per heavy atom. The molecule has 5 N–H and O–H groups in total. The molecule has 12 bridgehead atoms. The fraction of sp³-hybridized carbons (Fsp3) is 0.852. The SMILES string of the molecule is OC1CC2CC1C1C3C=CC(C3)C21.OC1CC2CC1C1C=CCC21.OC1CC2CC1C1C=CCCC21.OC1CC2CC1C1CC3C=CCC3CC21.OC1CC2CCC1C2. The predicted octanol–water partition coefficient (Wildman–Crippen LogP) is 9.15. The van der Waals surface area contributed by atoms with Gasteiger partial charge in [0.15, 0.2) is 0 Å².